The zero-order valence-corrected chi connectivity index (χ0v) is 13.1. The summed E-state index contributed by atoms with van der Waals surface area (Å²) in [6.07, 6.45) is -1.19. The summed E-state index contributed by atoms with van der Waals surface area (Å²) in [6.45, 7) is 1.95. The first-order valence-electron chi connectivity index (χ1n) is 7.50. The van der Waals surface area contributed by atoms with Gasteiger partial charge in [0.2, 0.25) is 5.95 Å². The number of rotatable bonds is 2. The van der Waals surface area contributed by atoms with E-state index in [1.54, 1.807) is 12.1 Å². The largest absolute Gasteiger partial charge is 0.465 e. The maximum atomic E-state index is 12.0. The summed E-state index contributed by atoms with van der Waals surface area (Å²) >= 11 is 0. The molecule has 0 spiro atoms. The van der Waals surface area contributed by atoms with Gasteiger partial charge in [-0.3, -0.25) is 10.1 Å². The van der Waals surface area contributed by atoms with E-state index in [2.05, 4.69) is 25.5 Å². The molecule has 0 unspecified atom stereocenters. The lowest BCUT2D eigenvalue weighted by atomic mass is 10.0. The molecule has 0 fully saturated rings. The van der Waals surface area contributed by atoms with Gasteiger partial charge in [0.1, 0.15) is 0 Å². The van der Waals surface area contributed by atoms with Crippen molar-refractivity contribution in [2.24, 2.45) is 0 Å². The molecular formula is C17H13N5O3. The number of nitrogens with zero attached hydrogens (tertiary/aromatic N) is 2. The van der Waals surface area contributed by atoms with Gasteiger partial charge < -0.3 is 10.1 Å². The van der Waals surface area contributed by atoms with Crippen LogP contribution in [-0.2, 0) is 0 Å². The Balaban J connectivity index is 1.91. The Morgan fingerprint density at radius 3 is 2.80 bits per heavy atom. The minimum Gasteiger partial charge on any atom is -0.465 e. The molecule has 0 atom stereocenters. The molecule has 1 amide bonds. The number of imidazole rings is 1. The second-order valence-corrected chi connectivity index (χ2v) is 5.70. The number of aromatic amines is 2. The quantitative estimate of drug-likeness (QED) is 0.448. The number of aromatic nitrogens is 4. The van der Waals surface area contributed by atoms with Gasteiger partial charge in [0.05, 0.1) is 22.1 Å². The van der Waals surface area contributed by atoms with Gasteiger partial charge >= 0.3 is 6.09 Å². The van der Waals surface area contributed by atoms with Crippen LogP contribution in [0, 0.1) is 6.92 Å². The summed E-state index contributed by atoms with van der Waals surface area (Å²) < 4.78 is 0. The van der Waals surface area contributed by atoms with Gasteiger partial charge in [0.25, 0.3) is 5.56 Å². The maximum absolute atomic E-state index is 12.0. The van der Waals surface area contributed by atoms with E-state index in [0.29, 0.717) is 22.1 Å². The third-order valence-corrected chi connectivity index (χ3v) is 3.92. The fourth-order valence-corrected chi connectivity index (χ4v) is 2.82. The lowest BCUT2D eigenvalue weighted by Crippen LogP contribution is -2.09. The number of carbonyl (C=O) groups is 1. The highest BCUT2D eigenvalue weighted by Crippen LogP contribution is 2.27. The fourth-order valence-electron chi connectivity index (χ4n) is 2.82. The minimum absolute atomic E-state index is 0.148. The van der Waals surface area contributed by atoms with E-state index in [-0.39, 0.29) is 11.5 Å². The lowest BCUT2D eigenvalue weighted by molar-refractivity contribution is 0.209. The molecule has 4 rings (SSSR count). The van der Waals surface area contributed by atoms with Crippen molar-refractivity contribution in [3.05, 3.63) is 52.3 Å². The molecule has 4 aromatic rings. The first-order valence-corrected chi connectivity index (χ1v) is 7.50. The molecule has 8 nitrogen and oxygen atoms in total. The van der Waals surface area contributed by atoms with E-state index in [1.807, 2.05) is 31.2 Å². The standard InChI is InChI=1S/C17H13N5O3/c1-8-2-4-10-11(6-8)14(21-22-15(10)23)9-3-5-12-13(7-9)19-16(18-12)20-17(24)25/h2-7H,1H3,(H,22,23)(H,24,25)(H2,18,19,20). The van der Waals surface area contributed by atoms with Crippen LogP contribution >= 0.6 is 0 Å². The van der Waals surface area contributed by atoms with Crippen LogP contribution in [0.4, 0.5) is 10.7 Å². The van der Waals surface area contributed by atoms with Crippen molar-refractivity contribution in [3.63, 3.8) is 0 Å². The molecular weight excluding hydrogens is 322 g/mol. The second kappa shape index (κ2) is 5.45. The van der Waals surface area contributed by atoms with Gasteiger partial charge in [-0.2, -0.15) is 5.10 Å². The number of amides is 1. The zero-order chi connectivity index (χ0) is 17.6. The molecule has 0 aliphatic rings. The SMILES string of the molecule is Cc1ccc2c(=O)[nH]nc(-c3ccc4nc(NC(=O)O)[nH]c4c3)c2c1. The zero-order valence-electron chi connectivity index (χ0n) is 13.1. The summed E-state index contributed by atoms with van der Waals surface area (Å²) in [5.74, 6) is 0.148. The van der Waals surface area contributed by atoms with Crippen LogP contribution in [0.15, 0.2) is 41.2 Å². The third kappa shape index (κ3) is 2.59. The highest BCUT2D eigenvalue weighted by atomic mass is 16.4. The van der Waals surface area contributed by atoms with Gasteiger partial charge in [-0.25, -0.2) is 14.9 Å². The summed E-state index contributed by atoms with van der Waals surface area (Å²) in [5, 5.41) is 19.0. The van der Waals surface area contributed by atoms with Crippen molar-refractivity contribution in [2.75, 3.05) is 5.32 Å². The summed E-state index contributed by atoms with van der Waals surface area (Å²) in [6, 6.07) is 11.0. The molecule has 4 N–H and O–H groups in total. The Kier molecular flexibility index (Phi) is 3.24. The van der Waals surface area contributed by atoms with Crippen molar-refractivity contribution in [3.8, 4) is 11.3 Å². The van der Waals surface area contributed by atoms with E-state index < -0.39 is 6.09 Å². The number of fused-ring (bicyclic) bond motifs is 2. The predicted molar refractivity (Wildman–Crippen MR) is 93.8 cm³/mol. The highest BCUT2D eigenvalue weighted by molar-refractivity contribution is 5.96. The number of hydrogen-bond donors (Lipinski definition) is 4. The van der Waals surface area contributed by atoms with E-state index >= 15 is 0 Å². The average molecular weight is 335 g/mol. The molecule has 2 aromatic heterocycles. The van der Waals surface area contributed by atoms with E-state index in [1.165, 1.54) is 0 Å². The normalized spacial score (nSPS) is 11.1. The van der Waals surface area contributed by atoms with Gasteiger partial charge in [-0.15, -0.1) is 0 Å². The first-order chi connectivity index (χ1) is 12.0. The maximum Gasteiger partial charge on any atom is 0.411 e. The third-order valence-electron chi connectivity index (χ3n) is 3.92. The Morgan fingerprint density at radius 2 is 2.00 bits per heavy atom. The number of nitrogens with one attached hydrogen (secondary N) is 3. The molecule has 0 saturated heterocycles. The van der Waals surface area contributed by atoms with E-state index in [0.717, 1.165) is 16.5 Å². The Bertz CT molecular complexity index is 1190. The number of hydrogen-bond acceptors (Lipinski definition) is 4. The van der Waals surface area contributed by atoms with Crippen LogP contribution in [-0.4, -0.2) is 31.4 Å². The van der Waals surface area contributed by atoms with Crippen molar-refractivity contribution >= 4 is 33.8 Å². The number of H-pyrrole nitrogens is 2. The first kappa shape index (κ1) is 14.9. The number of carboxylic acid groups (broad SMARTS) is 1. The van der Waals surface area contributed by atoms with Crippen LogP contribution in [0.3, 0.4) is 0 Å². The van der Waals surface area contributed by atoms with Gasteiger partial charge in [0.15, 0.2) is 0 Å². The lowest BCUT2D eigenvalue weighted by Gasteiger charge is -2.06. The summed E-state index contributed by atoms with van der Waals surface area (Å²) in [5.41, 5.74) is 3.49. The molecule has 2 heterocycles. The van der Waals surface area contributed by atoms with Crippen molar-refractivity contribution in [1.29, 1.82) is 0 Å². The molecule has 124 valence electrons. The molecule has 0 saturated carbocycles. The molecule has 2 aromatic carbocycles. The molecule has 0 bridgehead atoms. The fraction of sp³-hybridized carbons (Fsp3) is 0.0588. The summed E-state index contributed by atoms with van der Waals surface area (Å²) in [7, 11) is 0. The van der Waals surface area contributed by atoms with Gasteiger partial charge in [0, 0.05) is 10.9 Å². The van der Waals surface area contributed by atoms with Crippen molar-refractivity contribution in [2.45, 2.75) is 6.92 Å². The van der Waals surface area contributed by atoms with E-state index in [4.69, 9.17) is 5.11 Å². The minimum atomic E-state index is -1.19. The highest BCUT2D eigenvalue weighted by Gasteiger charge is 2.11. The van der Waals surface area contributed by atoms with Crippen LogP contribution in [0.1, 0.15) is 5.56 Å². The van der Waals surface area contributed by atoms with E-state index in [9.17, 15) is 9.59 Å². The smallest absolute Gasteiger partial charge is 0.411 e. The van der Waals surface area contributed by atoms with Crippen molar-refractivity contribution in [1.82, 2.24) is 20.2 Å². The average Bonchev–Trinajstić information content (AvgIpc) is 2.95. The van der Waals surface area contributed by atoms with Gasteiger partial charge in [-0.05, 0) is 31.2 Å². The molecule has 0 radical (unpaired) electrons. The Labute approximate surface area is 140 Å². The predicted octanol–water partition coefficient (Wildman–Crippen LogP) is 2.86. The number of anilines is 1. The number of aryl methyl sites for hydroxylation is 1. The molecule has 0 aliphatic carbocycles. The van der Waals surface area contributed by atoms with Crippen LogP contribution in [0.25, 0.3) is 33.1 Å². The number of benzene rings is 2. The van der Waals surface area contributed by atoms with Crippen LogP contribution in [0.2, 0.25) is 0 Å². The molecule has 25 heavy (non-hydrogen) atoms. The topological polar surface area (TPSA) is 124 Å². The van der Waals surface area contributed by atoms with Crippen LogP contribution < -0.4 is 10.9 Å². The monoisotopic (exact) mass is 335 g/mol. The van der Waals surface area contributed by atoms with Crippen molar-refractivity contribution < 1.29 is 9.90 Å². The summed E-state index contributed by atoms with van der Waals surface area (Å²) in [4.78, 5) is 29.8. The van der Waals surface area contributed by atoms with Gasteiger partial charge in [-0.1, -0.05) is 17.7 Å². The Hall–Kier alpha value is -3.68. The molecule has 0 aliphatic heterocycles. The second-order valence-electron chi connectivity index (χ2n) is 5.70. The van der Waals surface area contributed by atoms with Crippen LogP contribution in [0.5, 0.6) is 0 Å². The molecule has 8 heteroatoms. The Morgan fingerprint density at radius 1 is 1.16 bits per heavy atom.